The highest BCUT2D eigenvalue weighted by molar-refractivity contribution is 7.15. The van der Waals surface area contributed by atoms with Gasteiger partial charge >= 0.3 is 0 Å². The van der Waals surface area contributed by atoms with Gasteiger partial charge in [0.15, 0.2) is 5.13 Å². The predicted molar refractivity (Wildman–Crippen MR) is 94.2 cm³/mol. The van der Waals surface area contributed by atoms with Crippen molar-refractivity contribution >= 4 is 16.5 Å². The first kappa shape index (κ1) is 15.1. The summed E-state index contributed by atoms with van der Waals surface area (Å²) in [5.74, 6) is 1.17. The fourth-order valence-corrected chi connectivity index (χ4v) is 5.31. The Morgan fingerprint density at radius 3 is 2.83 bits per heavy atom. The number of nitrogens with two attached hydrogens (primary N) is 1. The lowest BCUT2D eigenvalue weighted by molar-refractivity contribution is 0.314. The molecule has 23 heavy (non-hydrogen) atoms. The van der Waals surface area contributed by atoms with Crippen LogP contribution in [-0.4, -0.2) is 4.98 Å². The molecule has 0 bridgehead atoms. The Labute approximate surface area is 140 Å². The third kappa shape index (κ3) is 3.01. The summed E-state index contributed by atoms with van der Waals surface area (Å²) in [5, 5.41) is 0.612. The van der Waals surface area contributed by atoms with Gasteiger partial charge in [0.25, 0.3) is 0 Å². The minimum Gasteiger partial charge on any atom is -0.375 e. The summed E-state index contributed by atoms with van der Waals surface area (Å²) in [7, 11) is 0. The first-order valence-corrected chi connectivity index (χ1v) is 9.57. The molecule has 2 aliphatic carbocycles. The Bertz CT molecular complexity index is 703. The Morgan fingerprint density at radius 2 is 2.00 bits per heavy atom. The molecule has 4 rings (SSSR count). The second-order valence-corrected chi connectivity index (χ2v) is 8.10. The lowest BCUT2D eigenvalue weighted by Crippen LogP contribution is -2.11. The van der Waals surface area contributed by atoms with Crippen LogP contribution in [0, 0.1) is 11.7 Å². The van der Waals surface area contributed by atoms with E-state index in [0.29, 0.717) is 11.0 Å². The molecule has 0 aliphatic heterocycles. The summed E-state index contributed by atoms with van der Waals surface area (Å²) in [5.41, 5.74) is 9.13. The highest BCUT2D eigenvalue weighted by atomic mass is 32.1. The van der Waals surface area contributed by atoms with Crippen LogP contribution in [0.3, 0.4) is 0 Å². The molecule has 1 unspecified atom stereocenters. The summed E-state index contributed by atoms with van der Waals surface area (Å²) >= 11 is 1.61. The van der Waals surface area contributed by atoms with E-state index in [1.54, 1.807) is 23.5 Å². The van der Waals surface area contributed by atoms with Crippen LogP contribution in [0.25, 0.3) is 11.3 Å². The Hall–Kier alpha value is -1.42. The van der Waals surface area contributed by atoms with E-state index in [2.05, 4.69) is 4.98 Å². The predicted octanol–water partition coefficient (Wildman–Crippen LogP) is 5.53. The summed E-state index contributed by atoms with van der Waals surface area (Å²) in [6.45, 7) is 0. The van der Waals surface area contributed by atoms with Crippen molar-refractivity contribution in [3.63, 3.8) is 0 Å². The van der Waals surface area contributed by atoms with Gasteiger partial charge in [-0.15, -0.1) is 11.3 Å². The minimum atomic E-state index is -0.188. The van der Waals surface area contributed by atoms with Crippen LogP contribution in [-0.2, 0) is 6.42 Å². The molecular formula is C19H23FN2S. The van der Waals surface area contributed by atoms with Crippen molar-refractivity contribution in [2.75, 3.05) is 5.73 Å². The molecule has 4 heteroatoms. The van der Waals surface area contributed by atoms with Gasteiger partial charge in [0.05, 0.1) is 5.69 Å². The number of halogens is 1. The van der Waals surface area contributed by atoms with E-state index in [9.17, 15) is 4.39 Å². The van der Waals surface area contributed by atoms with Gasteiger partial charge in [0, 0.05) is 10.4 Å². The fourth-order valence-electron chi connectivity index (χ4n) is 4.32. The van der Waals surface area contributed by atoms with Crippen LogP contribution >= 0.6 is 11.3 Å². The molecule has 2 N–H and O–H groups in total. The van der Waals surface area contributed by atoms with E-state index in [-0.39, 0.29) is 5.82 Å². The van der Waals surface area contributed by atoms with E-state index in [4.69, 9.17) is 5.73 Å². The van der Waals surface area contributed by atoms with Gasteiger partial charge in [0.1, 0.15) is 5.82 Å². The maximum absolute atomic E-state index is 13.7. The highest BCUT2D eigenvalue weighted by Gasteiger charge is 2.28. The number of aryl methyl sites for hydroxylation is 1. The van der Waals surface area contributed by atoms with Crippen LogP contribution in [0.15, 0.2) is 18.2 Å². The quantitative estimate of drug-likeness (QED) is 0.786. The topological polar surface area (TPSA) is 38.9 Å². The molecule has 1 atom stereocenters. The molecule has 1 saturated carbocycles. The van der Waals surface area contributed by atoms with Crippen LogP contribution < -0.4 is 5.73 Å². The number of nitrogen functional groups attached to an aromatic ring is 1. The number of hydrogen-bond donors (Lipinski definition) is 1. The van der Waals surface area contributed by atoms with Gasteiger partial charge in [-0.2, -0.15) is 0 Å². The number of aromatic nitrogens is 1. The van der Waals surface area contributed by atoms with Crippen LogP contribution in [0.1, 0.15) is 61.3 Å². The largest absolute Gasteiger partial charge is 0.375 e. The molecule has 0 radical (unpaired) electrons. The fraction of sp³-hybridized carbons (Fsp3) is 0.526. The van der Waals surface area contributed by atoms with Crippen molar-refractivity contribution in [1.29, 1.82) is 0 Å². The molecule has 2 nitrogen and oxygen atoms in total. The number of fused-ring (bicyclic) bond motifs is 3. The van der Waals surface area contributed by atoms with Crippen molar-refractivity contribution in [2.45, 2.75) is 57.3 Å². The van der Waals surface area contributed by atoms with Crippen molar-refractivity contribution in [3.05, 3.63) is 34.5 Å². The third-order valence-electron chi connectivity index (χ3n) is 5.47. The van der Waals surface area contributed by atoms with E-state index < -0.39 is 0 Å². The summed E-state index contributed by atoms with van der Waals surface area (Å²) in [6.07, 6.45) is 10.2. The zero-order valence-corrected chi connectivity index (χ0v) is 14.2. The zero-order valence-electron chi connectivity index (χ0n) is 13.4. The maximum Gasteiger partial charge on any atom is 0.180 e. The van der Waals surface area contributed by atoms with Crippen LogP contribution in [0.5, 0.6) is 0 Å². The van der Waals surface area contributed by atoms with Crippen molar-refractivity contribution < 1.29 is 4.39 Å². The number of benzene rings is 1. The molecule has 1 heterocycles. The Balaban J connectivity index is 1.69. The second-order valence-electron chi connectivity index (χ2n) is 7.04. The minimum absolute atomic E-state index is 0.188. The number of nitrogens with zero attached hydrogens (tertiary/aromatic N) is 1. The molecule has 0 saturated heterocycles. The summed E-state index contributed by atoms with van der Waals surface area (Å²) < 4.78 is 13.7. The van der Waals surface area contributed by atoms with Gasteiger partial charge in [-0.1, -0.05) is 38.2 Å². The Kier molecular flexibility index (Phi) is 4.10. The van der Waals surface area contributed by atoms with Gasteiger partial charge in [-0.3, -0.25) is 0 Å². The van der Waals surface area contributed by atoms with E-state index in [1.807, 2.05) is 6.07 Å². The van der Waals surface area contributed by atoms with E-state index in [1.165, 1.54) is 49.0 Å². The summed E-state index contributed by atoms with van der Waals surface area (Å²) in [4.78, 5) is 5.86. The molecule has 1 fully saturated rings. The SMILES string of the molecule is Nc1nc2c(s1)C(CC1CCCCC1)CCc1ccc(F)cc1-2. The lowest BCUT2D eigenvalue weighted by Gasteiger charge is -2.25. The third-order valence-corrected chi connectivity index (χ3v) is 6.52. The second kappa shape index (κ2) is 6.23. The Morgan fingerprint density at radius 1 is 1.17 bits per heavy atom. The van der Waals surface area contributed by atoms with Gasteiger partial charge in [-0.05, 0) is 48.8 Å². The first-order valence-electron chi connectivity index (χ1n) is 8.75. The van der Waals surface area contributed by atoms with Crippen LogP contribution in [0.4, 0.5) is 9.52 Å². The smallest absolute Gasteiger partial charge is 0.180 e. The van der Waals surface area contributed by atoms with Gasteiger partial charge < -0.3 is 5.73 Å². The molecule has 1 aromatic carbocycles. The zero-order chi connectivity index (χ0) is 15.8. The number of anilines is 1. The number of thiazole rings is 1. The standard InChI is InChI=1S/C19H23FN2S/c20-15-9-8-13-6-7-14(10-12-4-2-1-3-5-12)18-17(16(13)11-15)22-19(21)23-18/h8-9,11-12,14H,1-7,10H2,(H2,21,22). The highest BCUT2D eigenvalue weighted by Crippen LogP contribution is 2.45. The average Bonchev–Trinajstić information content (AvgIpc) is 2.89. The molecule has 2 aromatic rings. The molecule has 1 aromatic heterocycles. The normalized spacial score (nSPS) is 21.5. The molecule has 122 valence electrons. The molecule has 0 amide bonds. The maximum atomic E-state index is 13.7. The number of rotatable bonds is 2. The number of hydrogen-bond acceptors (Lipinski definition) is 3. The van der Waals surface area contributed by atoms with E-state index >= 15 is 0 Å². The van der Waals surface area contributed by atoms with Crippen LogP contribution in [0.2, 0.25) is 0 Å². The van der Waals surface area contributed by atoms with Crippen molar-refractivity contribution in [3.8, 4) is 11.3 Å². The van der Waals surface area contributed by atoms with Gasteiger partial charge in [0.2, 0.25) is 0 Å². The first-order chi connectivity index (χ1) is 11.2. The summed E-state index contributed by atoms with van der Waals surface area (Å²) in [6, 6.07) is 5.12. The average molecular weight is 330 g/mol. The van der Waals surface area contributed by atoms with Crippen molar-refractivity contribution in [2.24, 2.45) is 5.92 Å². The monoisotopic (exact) mass is 330 g/mol. The van der Waals surface area contributed by atoms with Crippen molar-refractivity contribution in [1.82, 2.24) is 4.98 Å². The van der Waals surface area contributed by atoms with Gasteiger partial charge in [-0.25, -0.2) is 9.37 Å². The molecule has 0 spiro atoms. The van der Waals surface area contributed by atoms with E-state index in [0.717, 1.165) is 30.0 Å². The molecular weight excluding hydrogens is 307 g/mol. The molecule has 2 aliphatic rings. The lowest BCUT2D eigenvalue weighted by atomic mass is 9.81.